The van der Waals surface area contributed by atoms with E-state index in [0.29, 0.717) is 10.8 Å². The van der Waals surface area contributed by atoms with Crippen molar-refractivity contribution in [2.75, 3.05) is 0 Å². The molecule has 0 nitrogen and oxygen atoms in total. The second-order valence-electron chi connectivity index (χ2n) is 8.47. The van der Waals surface area contributed by atoms with Crippen LogP contribution < -0.4 is 0 Å². The average Bonchev–Trinajstić information content (AvgIpc) is 2.21. The van der Waals surface area contributed by atoms with Crippen LogP contribution in [0.3, 0.4) is 0 Å². The largest absolute Gasteiger partial charge is 0.0651 e. The molecule has 0 aromatic heterocycles. The molecular formula is C18H38. The lowest BCUT2D eigenvalue weighted by Gasteiger charge is -2.34. The van der Waals surface area contributed by atoms with Crippen LogP contribution in [0.25, 0.3) is 0 Å². The molecule has 0 bridgehead atoms. The van der Waals surface area contributed by atoms with Gasteiger partial charge in [-0.2, -0.15) is 0 Å². The van der Waals surface area contributed by atoms with Gasteiger partial charge in [0.1, 0.15) is 0 Å². The van der Waals surface area contributed by atoms with Crippen molar-refractivity contribution < 1.29 is 0 Å². The van der Waals surface area contributed by atoms with Gasteiger partial charge in [0.2, 0.25) is 0 Å². The molecule has 0 aliphatic heterocycles. The second-order valence-corrected chi connectivity index (χ2v) is 8.47. The van der Waals surface area contributed by atoms with Crippen LogP contribution in [0.2, 0.25) is 0 Å². The molecule has 0 aliphatic carbocycles. The van der Waals surface area contributed by atoms with Gasteiger partial charge in [0.15, 0.2) is 0 Å². The Morgan fingerprint density at radius 2 is 1.33 bits per heavy atom. The SMILES string of the molecule is CCC(CCC(C)C(C)(C)C)CC(C)(C)C(C)C. The maximum absolute atomic E-state index is 2.44. The second kappa shape index (κ2) is 6.96. The standard InChI is InChI=1S/C18H38/c1-10-16(13-18(8,9)14(2)3)12-11-15(4)17(5,6)7/h14-16H,10-13H2,1-9H3. The number of hydrogen-bond donors (Lipinski definition) is 0. The molecule has 2 unspecified atom stereocenters. The third kappa shape index (κ3) is 6.25. The fraction of sp³-hybridized carbons (Fsp3) is 1.00. The summed E-state index contributed by atoms with van der Waals surface area (Å²) in [7, 11) is 0. The van der Waals surface area contributed by atoms with E-state index in [0.717, 1.165) is 17.8 Å². The fourth-order valence-corrected chi connectivity index (χ4v) is 2.35. The molecule has 0 aromatic carbocycles. The Morgan fingerprint density at radius 1 is 0.833 bits per heavy atom. The Morgan fingerprint density at radius 3 is 1.67 bits per heavy atom. The van der Waals surface area contributed by atoms with Crippen LogP contribution in [0.4, 0.5) is 0 Å². The van der Waals surface area contributed by atoms with Crippen molar-refractivity contribution in [2.24, 2.45) is 28.6 Å². The first-order valence-electron chi connectivity index (χ1n) is 8.00. The van der Waals surface area contributed by atoms with E-state index in [4.69, 9.17) is 0 Å². The minimum Gasteiger partial charge on any atom is -0.0651 e. The van der Waals surface area contributed by atoms with Crippen molar-refractivity contribution in [1.29, 1.82) is 0 Å². The van der Waals surface area contributed by atoms with Crippen LogP contribution in [-0.4, -0.2) is 0 Å². The molecule has 0 aliphatic rings. The van der Waals surface area contributed by atoms with Gasteiger partial charge >= 0.3 is 0 Å². The van der Waals surface area contributed by atoms with E-state index < -0.39 is 0 Å². The first kappa shape index (κ1) is 18.0. The molecule has 0 N–H and O–H groups in total. The molecule has 0 saturated heterocycles. The summed E-state index contributed by atoms with van der Waals surface area (Å²) in [6.07, 6.45) is 5.52. The molecule has 0 amide bonds. The molecule has 0 heterocycles. The Balaban J connectivity index is 4.29. The monoisotopic (exact) mass is 254 g/mol. The van der Waals surface area contributed by atoms with Crippen molar-refractivity contribution in [3.63, 3.8) is 0 Å². The van der Waals surface area contributed by atoms with Crippen molar-refractivity contribution >= 4 is 0 Å². The summed E-state index contributed by atoms with van der Waals surface area (Å²) in [6.45, 7) is 21.5. The van der Waals surface area contributed by atoms with E-state index in [-0.39, 0.29) is 0 Å². The minimum atomic E-state index is 0.464. The van der Waals surface area contributed by atoms with Gasteiger partial charge in [0.25, 0.3) is 0 Å². The zero-order valence-corrected chi connectivity index (χ0v) is 14.6. The van der Waals surface area contributed by atoms with Crippen molar-refractivity contribution in [3.05, 3.63) is 0 Å². The molecule has 18 heavy (non-hydrogen) atoms. The molecule has 0 heteroatoms. The summed E-state index contributed by atoms with van der Waals surface area (Å²) < 4.78 is 0. The van der Waals surface area contributed by atoms with Crippen molar-refractivity contribution in [1.82, 2.24) is 0 Å². The molecule has 0 spiro atoms. The Kier molecular flexibility index (Phi) is 6.96. The molecule has 2 atom stereocenters. The quantitative estimate of drug-likeness (QED) is 0.483. The predicted octanol–water partition coefficient (Wildman–Crippen LogP) is 6.55. The van der Waals surface area contributed by atoms with Gasteiger partial charge in [0, 0.05) is 0 Å². The van der Waals surface area contributed by atoms with Gasteiger partial charge in [-0.15, -0.1) is 0 Å². The Hall–Kier alpha value is 0. The Labute approximate surface area is 117 Å². The molecule has 0 rings (SSSR count). The van der Waals surface area contributed by atoms with Gasteiger partial charge in [-0.25, -0.2) is 0 Å². The highest BCUT2D eigenvalue weighted by Gasteiger charge is 2.27. The van der Waals surface area contributed by atoms with Gasteiger partial charge in [-0.05, 0) is 41.4 Å². The lowest BCUT2D eigenvalue weighted by atomic mass is 9.71. The zero-order valence-electron chi connectivity index (χ0n) is 14.6. The van der Waals surface area contributed by atoms with E-state index in [1.54, 1.807) is 0 Å². The van der Waals surface area contributed by atoms with Crippen LogP contribution in [0, 0.1) is 28.6 Å². The highest BCUT2D eigenvalue weighted by atomic mass is 14.3. The molecule has 0 aromatic rings. The first-order valence-corrected chi connectivity index (χ1v) is 8.00. The zero-order chi connectivity index (χ0) is 14.6. The maximum Gasteiger partial charge on any atom is -0.0329 e. The number of rotatable bonds is 7. The van der Waals surface area contributed by atoms with E-state index >= 15 is 0 Å². The molecule has 110 valence electrons. The van der Waals surface area contributed by atoms with E-state index in [9.17, 15) is 0 Å². The summed E-state index contributed by atoms with van der Waals surface area (Å²) in [4.78, 5) is 0. The lowest BCUT2D eigenvalue weighted by molar-refractivity contribution is 0.163. The predicted molar refractivity (Wildman–Crippen MR) is 84.9 cm³/mol. The minimum absolute atomic E-state index is 0.464. The number of hydrogen-bond acceptors (Lipinski definition) is 0. The van der Waals surface area contributed by atoms with Gasteiger partial charge in [-0.3, -0.25) is 0 Å². The highest BCUT2D eigenvalue weighted by molar-refractivity contribution is 4.78. The smallest absolute Gasteiger partial charge is 0.0329 e. The summed E-state index contributed by atoms with van der Waals surface area (Å²) in [5, 5.41) is 0. The molecule has 0 fully saturated rings. The van der Waals surface area contributed by atoms with Crippen LogP contribution in [0.5, 0.6) is 0 Å². The third-order valence-electron chi connectivity index (χ3n) is 5.44. The van der Waals surface area contributed by atoms with Gasteiger partial charge < -0.3 is 0 Å². The Bertz CT molecular complexity index is 217. The summed E-state index contributed by atoms with van der Waals surface area (Å²) in [5.74, 6) is 2.52. The van der Waals surface area contributed by atoms with Gasteiger partial charge in [-0.1, -0.05) is 75.2 Å². The van der Waals surface area contributed by atoms with Crippen LogP contribution in [0.15, 0.2) is 0 Å². The normalized spacial score (nSPS) is 17.0. The first-order chi connectivity index (χ1) is 8.00. The topological polar surface area (TPSA) is 0 Å². The molecule has 0 saturated carbocycles. The molecular weight excluding hydrogens is 216 g/mol. The summed E-state index contributed by atoms with van der Waals surface area (Å²) in [6, 6.07) is 0. The maximum atomic E-state index is 2.44. The van der Waals surface area contributed by atoms with Crippen molar-refractivity contribution in [3.8, 4) is 0 Å². The lowest BCUT2D eigenvalue weighted by Crippen LogP contribution is -2.24. The summed E-state index contributed by atoms with van der Waals surface area (Å²) >= 11 is 0. The van der Waals surface area contributed by atoms with Crippen LogP contribution >= 0.6 is 0 Å². The van der Waals surface area contributed by atoms with Crippen LogP contribution in [-0.2, 0) is 0 Å². The van der Waals surface area contributed by atoms with Crippen molar-refractivity contribution in [2.45, 2.75) is 88.0 Å². The third-order valence-corrected chi connectivity index (χ3v) is 5.44. The van der Waals surface area contributed by atoms with Gasteiger partial charge in [0.05, 0.1) is 0 Å². The highest BCUT2D eigenvalue weighted by Crippen LogP contribution is 2.38. The van der Waals surface area contributed by atoms with Crippen LogP contribution in [0.1, 0.15) is 88.0 Å². The van der Waals surface area contributed by atoms with E-state index in [1.807, 2.05) is 0 Å². The van der Waals surface area contributed by atoms with E-state index in [1.165, 1.54) is 25.7 Å². The fourth-order valence-electron chi connectivity index (χ4n) is 2.35. The van der Waals surface area contributed by atoms with E-state index in [2.05, 4.69) is 62.3 Å². The average molecular weight is 255 g/mol. The molecule has 0 radical (unpaired) electrons. The summed E-state index contributed by atoms with van der Waals surface area (Å²) in [5.41, 5.74) is 0.956.